The van der Waals surface area contributed by atoms with Crippen LogP contribution in [-0.2, 0) is 11.3 Å². The number of benzene rings is 1. The minimum absolute atomic E-state index is 0.103. The highest BCUT2D eigenvalue weighted by Gasteiger charge is 2.09. The first kappa shape index (κ1) is 15.6. The summed E-state index contributed by atoms with van der Waals surface area (Å²) in [6.07, 6.45) is 6.79. The van der Waals surface area contributed by atoms with Gasteiger partial charge in [0.05, 0.1) is 0 Å². The van der Waals surface area contributed by atoms with Gasteiger partial charge in [0, 0.05) is 18.3 Å². The van der Waals surface area contributed by atoms with Crippen molar-refractivity contribution in [3.63, 3.8) is 0 Å². The van der Waals surface area contributed by atoms with Gasteiger partial charge < -0.3 is 9.88 Å². The van der Waals surface area contributed by atoms with Crippen molar-refractivity contribution in [1.29, 1.82) is 0 Å². The number of nitrogens with zero attached hydrogens (tertiary/aromatic N) is 1. The highest BCUT2D eigenvalue weighted by atomic mass is 16.1. The normalized spacial score (nSPS) is 12.5. The average molecular weight is 286 g/mol. The van der Waals surface area contributed by atoms with Gasteiger partial charge >= 0.3 is 0 Å². The Morgan fingerprint density at radius 3 is 2.81 bits per heavy atom. The summed E-state index contributed by atoms with van der Waals surface area (Å²) in [5, 5.41) is 4.27. The number of fused-ring (bicyclic) bond motifs is 1. The lowest BCUT2D eigenvalue weighted by Crippen LogP contribution is -2.31. The summed E-state index contributed by atoms with van der Waals surface area (Å²) in [6, 6.07) is 10.2. The molecule has 1 heterocycles. The van der Waals surface area contributed by atoms with E-state index in [0.717, 1.165) is 18.5 Å². The van der Waals surface area contributed by atoms with Gasteiger partial charge in [-0.2, -0.15) is 0 Å². The van der Waals surface area contributed by atoms with Crippen LogP contribution >= 0.6 is 0 Å². The number of nitrogens with one attached hydrogen (secondary N) is 1. The largest absolute Gasteiger partial charge is 0.354 e. The van der Waals surface area contributed by atoms with E-state index in [4.69, 9.17) is 0 Å². The van der Waals surface area contributed by atoms with E-state index >= 15 is 0 Å². The molecule has 0 saturated heterocycles. The molecule has 114 valence electrons. The molecule has 0 spiro atoms. The Balaban J connectivity index is 1.87. The zero-order chi connectivity index (χ0) is 15.1. The van der Waals surface area contributed by atoms with Gasteiger partial charge in [0.2, 0.25) is 5.91 Å². The van der Waals surface area contributed by atoms with Gasteiger partial charge in [-0.15, -0.1) is 0 Å². The SMILES string of the molecule is CCCC[C@H](CC)CNC(=O)Cn1ccc2ccccc21. The zero-order valence-electron chi connectivity index (χ0n) is 13.1. The lowest BCUT2D eigenvalue weighted by Gasteiger charge is -2.15. The summed E-state index contributed by atoms with van der Waals surface area (Å²) in [5.41, 5.74) is 1.12. The molecule has 0 fully saturated rings. The molecule has 1 amide bonds. The minimum atomic E-state index is 0.103. The van der Waals surface area contributed by atoms with Gasteiger partial charge in [-0.25, -0.2) is 0 Å². The molecule has 2 aromatic rings. The van der Waals surface area contributed by atoms with Crippen LogP contribution in [0.3, 0.4) is 0 Å². The summed E-state index contributed by atoms with van der Waals surface area (Å²) in [6.45, 7) is 5.61. The predicted molar refractivity (Wildman–Crippen MR) is 88.3 cm³/mol. The van der Waals surface area contributed by atoms with Gasteiger partial charge in [0.25, 0.3) is 0 Å². The van der Waals surface area contributed by atoms with Gasteiger partial charge in [0.15, 0.2) is 0 Å². The maximum Gasteiger partial charge on any atom is 0.239 e. The lowest BCUT2D eigenvalue weighted by molar-refractivity contribution is -0.121. The Labute approximate surface area is 127 Å². The Kier molecular flexibility index (Phi) is 5.85. The Morgan fingerprint density at radius 1 is 1.24 bits per heavy atom. The molecule has 0 unspecified atom stereocenters. The molecule has 1 aromatic carbocycles. The second kappa shape index (κ2) is 7.87. The molecule has 0 radical (unpaired) electrons. The molecule has 2 rings (SSSR count). The smallest absolute Gasteiger partial charge is 0.239 e. The minimum Gasteiger partial charge on any atom is -0.354 e. The number of hydrogen-bond acceptors (Lipinski definition) is 1. The summed E-state index contributed by atoms with van der Waals surface area (Å²) in [4.78, 5) is 12.1. The molecule has 0 saturated carbocycles. The highest BCUT2D eigenvalue weighted by Crippen LogP contribution is 2.15. The number of carbonyl (C=O) groups excluding carboxylic acids is 1. The standard InChI is InChI=1S/C18H26N2O/c1-3-5-8-15(4-2)13-19-18(21)14-20-12-11-16-9-6-7-10-17(16)20/h6-7,9-12,15H,3-5,8,13-14H2,1-2H3,(H,19,21)/t15-/m0/s1. The number of para-hydroxylation sites is 1. The van der Waals surface area contributed by atoms with E-state index in [2.05, 4.69) is 37.4 Å². The maximum atomic E-state index is 12.1. The van der Waals surface area contributed by atoms with Crippen molar-refractivity contribution in [2.75, 3.05) is 6.54 Å². The first-order valence-corrected chi connectivity index (χ1v) is 8.05. The number of unbranched alkanes of at least 4 members (excludes halogenated alkanes) is 1. The van der Waals surface area contributed by atoms with E-state index in [1.165, 1.54) is 24.6 Å². The second-order valence-electron chi connectivity index (χ2n) is 5.72. The molecule has 1 atom stereocenters. The zero-order valence-corrected chi connectivity index (χ0v) is 13.1. The molecule has 1 aromatic heterocycles. The monoisotopic (exact) mass is 286 g/mol. The number of aromatic nitrogens is 1. The van der Waals surface area contributed by atoms with Crippen molar-refractivity contribution < 1.29 is 4.79 Å². The highest BCUT2D eigenvalue weighted by molar-refractivity contribution is 5.83. The van der Waals surface area contributed by atoms with Gasteiger partial charge in [-0.05, 0) is 29.9 Å². The Hall–Kier alpha value is -1.77. The molecule has 1 N–H and O–H groups in total. The fraction of sp³-hybridized carbons (Fsp3) is 0.500. The van der Waals surface area contributed by atoms with Crippen LogP contribution in [-0.4, -0.2) is 17.0 Å². The summed E-state index contributed by atoms with van der Waals surface area (Å²) >= 11 is 0. The first-order valence-electron chi connectivity index (χ1n) is 8.05. The number of amides is 1. The van der Waals surface area contributed by atoms with Crippen LogP contribution in [0.5, 0.6) is 0 Å². The van der Waals surface area contributed by atoms with Crippen molar-refractivity contribution in [3.05, 3.63) is 36.5 Å². The number of carbonyl (C=O) groups is 1. The van der Waals surface area contributed by atoms with Crippen molar-refractivity contribution >= 4 is 16.8 Å². The van der Waals surface area contributed by atoms with Crippen LogP contribution in [0.15, 0.2) is 36.5 Å². The fourth-order valence-corrected chi connectivity index (χ4v) is 2.69. The summed E-state index contributed by atoms with van der Waals surface area (Å²) in [7, 11) is 0. The molecular weight excluding hydrogens is 260 g/mol. The third-order valence-corrected chi connectivity index (χ3v) is 4.13. The van der Waals surface area contributed by atoms with Crippen molar-refractivity contribution in [2.24, 2.45) is 5.92 Å². The predicted octanol–water partition coefficient (Wildman–Crippen LogP) is 3.97. The van der Waals surface area contributed by atoms with Crippen LogP contribution in [0.1, 0.15) is 39.5 Å². The van der Waals surface area contributed by atoms with Crippen LogP contribution in [0, 0.1) is 5.92 Å². The van der Waals surface area contributed by atoms with E-state index in [1.54, 1.807) is 0 Å². The average Bonchev–Trinajstić information content (AvgIpc) is 2.91. The molecule has 0 aliphatic rings. The molecule has 0 bridgehead atoms. The lowest BCUT2D eigenvalue weighted by atomic mass is 9.99. The summed E-state index contributed by atoms with van der Waals surface area (Å²) in [5.74, 6) is 0.710. The van der Waals surface area contributed by atoms with Gasteiger partial charge in [-0.1, -0.05) is 51.3 Å². The van der Waals surface area contributed by atoms with Crippen molar-refractivity contribution in [3.8, 4) is 0 Å². The van der Waals surface area contributed by atoms with E-state index in [-0.39, 0.29) is 5.91 Å². The molecular formula is C18H26N2O. The quantitative estimate of drug-likeness (QED) is 0.782. The summed E-state index contributed by atoms with van der Waals surface area (Å²) < 4.78 is 2.01. The molecule has 0 aliphatic heterocycles. The maximum absolute atomic E-state index is 12.1. The first-order chi connectivity index (χ1) is 10.2. The third kappa shape index (κ3) is 4.35. The van der Waals surface area contributed by atoms with Crippen LogP contribution in [0.2, 0.25) is 0 Å². The number of rotatable bonds is 8. The van der Waals surface area contributed by atoms with E-state index in [1.807, 2.05) is 22.9 Å². The molecule has 21 heavy (non-hydrogen) atoms. The Morgan fingerprint density at radius 2 is 2.05 bits per heavy atom. The van der Waals surface area contributed by atoms with Crippen molar-refractivity contribution in [2.45, 2.75) is 46.1 Å². The van der Waals surface area contributed by atoms with Crippen LogP contribution < -0.4 is 5.32 Å². The molecule has 0 aliphatic carbocycles. The fourth-order valence-electron chi connectivity index (χ4n) is 2.69. The number of hydrogen-bond donors (Lipinski definition) is 1. The molecule has 3 nitrogen and oxygen atoms in total. The van der Waals surface area contributed by atoms with E-state index < -0.39 is 0 Å². The third-order valence-electron chi connectivity index (χ3n) is 4.13. The van der Waals surface area contributed by atoms with Crippen molar-refractivity contribution in [1.82, 2.24) is 9.88 Å². The van der Waals surface area contributed by atoms with Crippen LogP contribution in [0.4, 0.5) is 0 Å². The van der Waals surface area contributed by atoms with Gasteiger partial charge in [-0.3, -0.25) is 4.79 Å². The Bertz CT molecular complexity index is 573. The van der Waals surface area contributed by atoms with E-state index in [0.29, 0.717) is 12.5 Å². The van der Waals surface area contributed by atoms with Crippen LogP contribution in [0.25, 0.3) is 10.9 Å². The molecule has 3 heteroatoms. The second-order valence-corrected chi connectivity index (χ2v) is 5.72. The van der Waals surface area contributed by atoms with E-state index in [9.17, 15) is 4.79 Å². The van der Waals surface area contributed by atoms with Gasteiger partial charge in [0.1, 0.15) is 6.54 Å². The topological polar surface area (TPSA) is 34.0 Å².